The molecule has 0 bridgehead atoms. The zero-order valence-electron chi connectivity index (χ0n) is 12.4. The highest BCUT2D eigenvalue weighted by Crippen LogP contribution is 2.40. The highest BCUT2D eigenvalue weighted by molar-refractivity contribution is 7.14. The largest absolute Gasteiger partial charge is 0.312 e. The first-order valence-electron chi connectivity index (χ1n) is 7.74. The van der Waals surface area contributed by atoms with Gasteiger partial charge in [-0.05, 0) is 47.5 Å². The fourth-order valence-electron chi connectivity index (χ4n) is 3.55. The smallest absolute Gasteiger partial charge is 0.231 e. The van der Waals surface area contributed by atoms with Crippen LogP contribution in [0, 0.1) is 0 Å². The van der Waals surface area contributed by atoms with Gasteiger partial charge in [-0.1, -0.05) is 0 Å². The molecule has 0 radical (unpaired) electrons. The van der Waals surface area contributed by atoms with Crippen molar-refractivity contribution in [1.82, 2.24) is 4.98 Å². The van der Waals surface area contributed by atoms with Crippen molar-refractivity contribution in [3.05, 3.63) is 45.5 Å². The lowest BCUT2D eigenvalue weighted by molar-refractivity contribution is -0.117. The maximum Gasteiger partial charge on any atom is 0.231 e. The summed E-state index contributed by atoms with van der Waals surface area (Å²) in [6.07, 6.45) is 2.65. The molecule has 0 atom stereocenters. The quantitative estimate of drug-likeness (QED) is 0.695. The summed E-state index contributed by atoms with van der Waals surface area (Å²) in [4.78, 5) is 18.9. The molecule has 1 aromatic carbocycles. The van der Waals surface area contributed by atoms with E-state index in [0.29, 0.717) is 6.42 Å². The Balaban J connectivity index is 1.60. The van der Waals surface area contributed by atoms with Gasteiger partial charge in [-0.25, -0.2) is 4.98 Å². The second-order valence-electron chi connectivity index (χ2n) is 6.02. The number of rotatable bonds is 2. The molecular formula is C18H14N2OS2. The van der Waals surface area contributed by atoms with Crippen LogP contribution in [0.25, 0.3) is 21.8 Å². The molecule has 0 unspecified atom stereocenters. The highest BCUT2D eigenvalue weighted by atomic mass is 32.1. The molecule has 0 spiro atoms. The lowest BCUT2D eigenvalue weighted by Gasteiger charge is -2.25. The van der Waals surface area contributed by atoms with E-state index in [1.54, 1.807) is 22.7 Å². The zero-order valence-corrected chi connectivity index (χ0v) is 14.0. The van der Waals surface area contributed by atoms with Crippen LogP contribution in [0.3, 0.4) is 0 Å². The number of hydrogen-bond donors (Lipinski definition) is 0. The van der Waals surface area contributed by atoms with Crippen molar-refractivity contribution in [1.29, 1.82) is 0 Å². The Bertz CT molecular complexity index is 911. The molecule has 5 heteroatoms. The van der Waals surface area contributed by atoms with Crippen molar-refractivity contribution in [2.24, 2.45) is 0 Å². The van der Waals surface area contributed by atoms with Gasteiger partial charge in [-0.3, -0.25) is 4.79 Å². The van der Waals surface area contributed by atoms with Crippen LogP contribution in [0.1, 0.15) is 17.5 Å². The average molecular weight is 338 g/mol. The van der Waals surface area contributed by atoms with Crippen LogP contribution in [0.2, 0.25) is 0 Å². The average Bonchev–Trinajstić information content (AvgIpc) is 3.28. The number of aryl methyl sites for hydroxylation is 1. The fraction of sp³-hybridized carbons (Fsp3) is 0.222. The number of thiazole rings is 1. The van der Waals surface area contributed by atoms with E-state index in [-0.39, 0.29) is 5.91 Å². The normalized spacial score (nSPS) is 16.0. The summed E-state index contributed by atoms with van der Waals surface area (Å²) in [6, 6.07) is 6.50. The number of carbonyl (C=O) groups is 1. The maximum atomic E-state index is 12.2. The van der Waals surface area contributed by atoms with Gasteiger partial charge in [0.25, 0.3) is 0 Å². The zero-order chi connectivity index (χ0) is 15.4. The van der Waals surface area contributed by atoms with Gasteiger partial charge in [0.15, 0.2) is 0 Å². The number of benzene rings is 1. The van der Waals surface area contributed by atoms with E-state index in [0.717, 1.165) is 35.7 Å². The highest BCUT2D eigenvalue weighted by Gasteiger charge is 2.32. The van der Waals surface area contributed by atoms with E-state index in [4.69, 9.17) is 4.98 Å². The van der Waals surface area contributed by atoms with E-state index < -0.39 is 0 Å². The number of carbonyl (C=O) groups excluding carboxylic acids is 1. The Hall–Kier alpha value is -1.98. The molecule has 3 aromatic rings. The monoisotopic (exact) mass is 338 g/mol. The molecule has 0 saturated carbocycles. The lowest BCUT2D eigenvalue weighted by Crippen LogP contribution is -2.31. The minimum Gasteiger partial charge on any atom is -0.312 e. The molecule has 114 valence electrons. The van der Waals surface area contributed by atoms with Gasteiger partial charge in [0, 0.05) is 28.4 Å². The molecule has 3 nitrogen and oxygen atoms in total. The molecule has 0 fully saturated rings. The van der Waals surface area contributed by atoms with Crippen molar-refractivity contribution >= 4 is 34.3 Å². The summed E-state index contributed by atoms with van der Waals surface area (Å²) in [7, 11) is 0. The van der Waals surface area contributed by atoms with Crippen LogP contribution in [-0.4, -0.2) is 17.4 Å². The topological polar surface area (TPSA) is 33.2 Å². The van der Waals surface area contributed by atoms with Crippen LogP contribution in [0.15, 0.2) is 34.3 Å². The predicted octanol–water partition coefficient (Wildman–Crippen LogP) is 4.37. The van der Waals surface area contributed by atoms with Crippen molar-refractivity contribution < 1.29 is 4.79 Å². The third-order valence-corrected chi connectivity index (χ3v) is 6.15. The predicted molar refractivity (Wildman–Crippen MR) is 95.2 cm³/mol. The summed E-state index contributed by atoms with van der Waals surface area (Å²) in [5, 5.41) is 7.40. The SMILES string of the molecule is O=C1Cc2cc(-c3csc(-c4ccsc4)n3)cc3c2N1CCC3. The summed E-state index contributed by atoms with van der Waals surface area (Å²) >= 11 is 3.38. The molecule has 2 aromatic heterocycles. The van der Waals surface area contributed by atoms with Gasteiger partial charge in [0.05, 0.1) is 17.8 Å². The number of anilines is 1. The third-order valence-electron chi connectivity index (χ3n) is 4.58. The minimum absolute atomic E-state index is 0.246. The number of nitrogens with zero attached hydrogens (tertiary/aromatic N) is 2. The fourth-order valence-corrected chi connectivity index (χ4v) is 5.09. The van der Waals surface area contributed by atoms with Gasteiger partial charge in [0.2, 0.25) is 5.91 Å². The summed E-state index contributed by atoms with van der Waals surface area (Å²) in [5.74, 6) is 0.246. The van der Waals surface area contributed by atoms with Gasteiger partial charge in [-0.2, -0.15) is 11.3 Å². The number of hydrogen-bond acceptors (Lipinski definition) is 4. The van der Waals surface area contributed by atoms with Crippen LogP contribution in [0.5, 0.6) is 0 Å². The first kappa shape index (κ1) is 13.5. The summed E-state index contributed by atoms with van der Waals surface area (Å²) in [6.45, 7) is 0.872. The summed E-state index contributed by atoms with van der Waals surface area (Å²) in [5.41, 5.74) is 7.01. The molecule has 1 amide bonds. The molecule has 5 rings (SSSR count). The maximum absolute atomic E-state index is 12.2. The Morgan fingerprint density at radius 2 is 2.04 bits per heavy atom. The van der Waals surface area contributed by atoms with Gasteiger partial charge >= 0.3 is 0 Å². The van der Waals surface area contributed by atoms with Crippen molar-refractivity contribution in [3.63, 3.8) is 0 Å². The number of amides is 1. The van der Waals surface area contributed by atoms with E-state index in [9.17, 15) is 4.79 Å². The van der Waals surface area contributed by atoms with Gasteiger partial charge in [0.1, 0.15) is 5.01 Å². The first-order chi connectivity index (χ1) is 11.3. The van der Waals surface area contributed by atoms with Crippen molar-refractivity contribution in [3.8, 4) is 21.8 Å². The van der Waals surface area contributed by atoms with Crippen LogP contribution in [-0.2, 0) is 17.6 Å². The van der Waals surface area contributed by atoms with Gasteiger partial charge in [-0.15, -0.1) is 11.3 Å². The molecule has 0 N–H and O–H groups in total. The third kappa shape index (κ3) is 2.07. The van der Waals surface area contributed by atoms with Crippen LogP contribution < -0.4 is 4.90 Å². The summed E-state index contributed by atoms with van der Waals surface area (Å²) < 4.78 is 0. The second-order valence-corrected chi connectivity index (χ2v) is 7.66. The van der Waals surface area contributed by atoms with E-state index in [1.807, 2.05) is 4.90 Å². The Morgan fingerprint density at radius 3 is 2.91 bits per heavy atom. The molecule has 2 aliphatic heterocycles. The second kappa shape index (κ2) is 5.01. The first-order valence-corrected chi connectivity index (χ1v) is 9.56. The molecular weight excluding hydrogens is 324 g/mol. The Labute approximate surface area is 142 Å². The molecule has 0 saturated heterocycles. The van der Waals surface area contributed by atoms with E-state index in [2.05, 4.69) is 34.3 Å². The van der Waals surface area contributed by atoms with Crippen LogP contribution >= 0.6 is 22.7 Å². The van der Waals surface area contributed by atoms with E-state index in [1.165, 1.54) is 22.4 Å². The van der Waals surface area contributed by atoms with Gasteiger partial charge < -0.3 is 4.90 Å². The lowest BCUT2D eigenvalue weighted by atomic mass is 9.96. The van der Waals surface area contributed by atoms with Crippen molar-refractivity contribution in [2.45, 2.75) is 19.3 Å². The standard InChI is InChI=1S/C18H14N2OS2/c21-16-8-14-7-13(6-11-2-1-4-20(16)17(11)14)15-10-23-18(19-15)12-3-5-22-9-12/h3,5-7,9-10H,1-2,4,8H2. The molecule has 0 aliphatic carbocycles. The Kier molecular flexibility index (Phi) is 2.93. The molecule has 23 heavy (non-hydrogen) atoms. The number of thiophene rings is 1. The molecule has 4 heterocycles. The van der Waals surface area contributed by atoms with Crippen molar-refractivity contribution in [2.75, 3.05) is 11.4 Å². The number of aromatic nitrogens is 1. The minimum atomic E-state index is 0.246. The Morgan fingerprint density at radius 1 is 1.13 bits per heavy atom. The molecule has 2 aliphatic rings. The van der Waals surface area contributed by atoms with E-state index >= 15 is 0 Å². The van der Waals surface area contributed by atoms with Crippen LogP contribution in [0.4, 0.5) is 5.69 Å².